The number of esters is 1. The van der Waals surface area contributed by atoms with E-state index in [4.69, 9.17) is 9.47 Å². The zero-order chi connectivity index (χ0) is 15.4. The summed E-state index contributed by atoms with van der Waals surface area (Å²) < 4.78 is 10.5. The number of rotatable bonds is 4. The molecule has 0 amide bonds. The summed E-state index contributed by atoms with van der Waals surface area (Å²) in [5.41, 5.74) is 1.60. The van der Waals surface area contributed by atoms with E-state index in [1.165, 1.54) is 14.0 Å². The number of Topliss-reactive ketones (excluding diaryl/α,β-unsaturated/α-hetero) is 1. The van der Waals surface area contributed by atoms with Gasteiger partial charge in [0.1, 0.15) is 17.1 Å². The van der Waals surface area contributed by atoms with Crippen LogP contribution in [0.1, 0.15) is 33.2 Å². The number of ketones is 1. The molecule has 4 heteroatoms. The van der Waals surface area contributed by atoms with Crippen molar-refractivity contribution < 1.29 is 19.1 Å². The Kier molecular flexibility index (Phi) is 4.38. The minimum atomic E-state index is -0.555. The van der Waals surface area contributed by atoms with Crippen molar-refractivity contribution in [2.24, 2.45) is 0 Å². The highest BCUT2D eigenvalue weighted by atomic mass is 16.5. The number of aryl methyl sites for hydroxylation is 1. The number of methoxy groups -OCH3 is 1. The zero-order valence-corrected chi connectivity index (χ0v) is 12.2. The van der Waals surface area contributed by atoms with Crippen LogP contribution in [0, 0.1) is 6.92 Å². The van der Waals surface area contributed by atoms with Crippen molar-refractivity contribution in [1.29, 1.82) is 0 Å². The summed E-state index contributed by atoms with van der Waals surface area (Å²) >= 11 is 0. The highest BCUT2D eigenvalue weighted by Gasteiger charge is 2.17. The molecule has 4 nitrogen and oxygen atoms in total. The summed E-state index contributed by atoms with van der Waals surface area (Å²) in [5, 5.41) is 0. The molecule has 0 aromatic heterocycles. The molecule has 0 heterocycles. The molecule has 0 bridgehead atoms. The molecule has 0 saturated carbocycles. The molecule has 2 aromatic rings. The highest BCUT2D eigenvalue weighted by Crippen LogP contribution is 2.24. The van der Waals surface area contributed by atoms with Crippen LogP contribution in [-0.2, 0) is 0 Å². The van der Waals surface area contributed by atoms with Crippen LogP contribution in [0.5, 0.6) is 11.5 Å². The summed E-state index contributed by atoms with van der Waals surface area (Å²) in [7, 11) is 1.49. The normalized spacial score (nSPS) is 10.0. The third kappa shape index (κ3) is 3.28. The molecule has 0 atom stereocenters. The number of benzene rings is 2. The van der Waals surface area contributed by atoms with Gasteiger partial charge in [0.15, 0.2) is 5.78 Å². The van der Waals surface area contributed by atoms with Crippen molar-refractivity contribution in [3.05, 3.63) is 59.2 Å². The smallest absolute Gasteiger partial charge is 0.347 e. The Balaban J connectivity index is 2.36. The van der Waals surface area contributed by atoms with Crippen LogP contribution < -0.4 is 9.47 Å². The lowest BCUT2D eigenvalue weighted by Crippen LogP contribution is -2.12. The predicted molar refractivity (Wildman–Crippen MR) is 79.1 cm³/mol. The summed E-state index contributed by atoms with van der Waals surface area (Å²) in [6.07, 6.45) is 0. The second kappa shape index (κ2) is 6.22. The van der Waals surface area contributed by atoms with Crippen LogP contribution in [0.4, 0.5) is 0 Å². The van der Waals surface area contributed by atoms with Crippen molar-refractivity contribution in [3.63, 3.8) is 0 Å². The largest absolute Gasteiger partial charge is 0.496 e. The van der Waals surface area contributed by atoms with Gasteiger partial charge in [0.2, 0.25) is 0 Å². The SMILES string of the molecule is COc1ccccc1C(=O)Oc1cc(C)ccc1C(C)=O. The van der Waals surface area contributed by atoms with E-state index >= 15 is 0 Å². The van der Waals surface area contributed by atoms with E-state index in [0.717, 1.165) is 5.56 Å². The van der Waals surface area contributed by atoms with E-state index in [-0.39, 0.29) is 11.5 Å². The first-order valence-corrected chi connectivity index (χ1v) is 6.49. The number of carbonyl (C=O) groups is 2. The molecular weight excluding hydrogens is 268 g/mol. The highest BCUT2D eigenvalue weighted by molar-refractivity contribution is 5.99. The topological polar surface area (TPSA) is 52.6 Å². The van der Waals surface area contributed by atoms with E-state index < -0.39 is 5.97 Å². The van der Waals surface area contributed by atoms with Crippen LogP contribution in [0.2, 0.25) is 0 Å². The Labute approximate surface area is 123 Å². The summed E-state index contributed by atoms with van der Waals surface area (Å²) in [5.74, 6) is -0.0173. The number of carbonyl (C=O) groups excluding carboxylic acids is 2. The Bertz CT molecular complexity index is 689. The lowest BCUT2D eigenvalue weighted by Gasteiger charge is -2.11. The maximum Gasteiger partial charge on any atom is 0.347 e. The molecule has 0 unspecified atom stereocenters. The van der Waals surface area contributed by atoms with Gasteiger partial charge < -0.3 is 9.47 Å². The molecule has 0 spiro atoms. The number of para-hydroxylation sites is 1. The van der Waals surface area contributed by atoms with Gasteiger partial charge in [0.05, 0.1) is 12.7 Å². The molecule has 0 radical (unpaired) electrons. The summed E-state index contributed by atoms with van der Waals surface area (Å²) in [6, 6.07) is 11.9. The molecule has 2 aromatic carbocycles. The predicted octanol–water partition coefficient (Wildman–Crippen LogP) is 3.43. The molecule has 0 aliphatic carbocycles. The molecule has 21 heavy (non-hydrogen) atoms. The minimum Gasteiger partial charge on any atom is -0.496 e. The summed E-state index contributed by atoms with van der Waals surface area (Å²) in [4.78, 5) is 23.9. The Morgan fingerprint density at radius 1 is 0.952 bits per heavy atom. The van der Waals surface area contributed by atoms with Gasteiger partial charge in [-0.2, -0.15) is 0 Å². The van der Waals surface area contributed by atoms with Gasteiger partial charge in [0.25, 0.3) is 0 Å². The Hall–Kier alpha value is -2.62. The average molecular weight is 284 g/mol. The average Bonchev–Trinajstić information content (AvgIpc) is 2.46. The molecule has 108 valence electrons. The quantitative estimate of drug-likeness (QED) is 0.490. The van der Waals surface area contributed by atoms with E-state index in [1.54, 1.807) is 42.5 Å². The van der Waals surface area contributed by atoms with Crippen LogP contribution in [-0.4, -0.2) is 18.9 Å². The monoisotopic (exact) mass is 284 g/mol. The van der Waals surface area contributed by atoms with Crippen molar-refractivity contribution in [1.82, 2.24) is 0 Å². The van der Waals surface area contributed by atoms with Gasteiger partial charge in [-0.1, -0.05) is 18.2 Å². The molecule has 0 saturated heterocycles. The Morgan fingerprint density at radius 2 is 1.67 bits per heavy atom. The van der Waals surface area contributed by atoms with Gasteiger partial charge in [-0.15, -0.1) is 0 Å². The fourth-order valence-corrected chi connectivity index (χ4v) is 1.97. The fraction of sp³-hybridized carbons (Fsp3) is 0.176. The van der Waals surface area contributed by atoms with Crippen LogP contribution in [0.25, 0.3) is 0 Å². The van der Waals surface area contributed by atoms with Crippen molar-refractivity contribution >= 4 is 11.8 Å². The lowest BCUT2D eigenvalue weighted by molar-refractivity contribution is 0.0729. The molecule has 0 N–H and O–H groups in total. The van der Waals surface area contributed by atoms with E-state index in [0.29, 0.717) is 16.9 Å². The number of hydrogen-bond donors (Lipinski definition) is 0. The molecule has 2 rings (SSSR count). The molecule has 0 aliphatic rings. The second-order valence-electron chi connectivity index (χ2n) is 4.65. The molecular formula is C17H16O4. The zero-order valence-electron chi connectivity index (χ0n) is 12.2. The summed E-state index contributed by atoms with van der Waals surface area (Å²) in [6.45, 7) is 3.30. The van der Waals surface area contributed by atoms with Crippen molar-refractivity contribution in [2.45, 2.75) is 13.8 Å². The fourth-order valence-electron chi connectivity index (χ4n) is 1.97. The van der Waals surface area contributed by atoms with Gasteiger partial charge >= 0.3 is 5.97 Å². The third-order valence-corrected chi connectivity index (χ3v) is 3.05. The van der Waals surface area contributed by atoms with Crippen molar-refractivity contribution in [3.8, 4) is 11.5 Å². The van der Waals surface area contributed by atoms with Gasteiger partial charge in [0, 0.05) is 0 Å². The van der Waals surface area contributed by atoms with Crippen molar-refractivity contribution in [2.75, 3.05) is 7.11 Å². The van der Waals surface area contributed by atoms with E-state index in [9.17, 15) is 9.59 Å². The van der Waals surface area contributed by atoms with Gasteiger partial charge in [-0.3, -0.25) is 4.79 Å². The third-order valence-electron chi connectivity index (χ3n) is 3.05. The second-order valence-corrected chi connectivity index (χ2v) is 4.65. The van der Waals surface area contributed by atoms with Crippen LogP contribution in [0.3, 0.4) is 0 Å². The first kappa shape index (κ1) is 14.8. The lowest BCUT2D eigenvalue weighted by atomic mass is 10.1. The van der Waals surface area contributed by atoms with Gasteiger partial charge in [-0.05, 0) is 43.7 Å². The maximum atomic E-state index is 12.3. The van der Waals surface area contributed by atoms with Crippen LogP contribution in [0.15, 0.2) is 42.5 Å². The first-order valence-electron chi connectivity index (χ1n) is 6.49. The number of hydrogen-bond acceptors (Lipinski definition) is 4. The Morgan fingerprint density at radius 3 is 2.33 bits per heavy atom. The maximum absolute atomic E-state index is 12.3. The standard InChI is InChI=1S/C17H16O4/c1-11-8-9-13(12(2)18)16(10-11)21-17(19)14-6-4-5-7-15(14)20-3/h4-10H,1-3H3. The van der Waals surface area contributed by atoms with E-state index in [2.05, 4.69) is 0 Å². The minimum absolute atomic E-state index is 0.155. The van der Waals surface area contributed by atoms with Gasteiger partial charge in [-0.25, -0.2) is 4.79 Å². The van der Waals surface area contributed by atoms with Crippen LogP contribution >= 0.6 is 0 Å². The number of ether oxygens (including phenoxy) is 2. The van der Waals surface area contributed by atoms with E-state index in [1.807, 2.05) is 6.92 Å². The molecule has 0 fully saturated rings. The first-order chi connectivity index (χ1) is 10.0. The molecule has 0 aliphatic heterocycles.